The van der Waals surface area contributed by atoms with E-state index in [1.54, 1.807) is 18.2 Å². The molecule has 84 valence electrons. The molecular formula is C11H14N4O. The standard InChI is InChI=1S/C11H14N4O/c1-7(2)11(16)13-9-5-4-8(3)10(6-9)14-15-12/h4-7H,1-3H3,(H,13,16). The molecule has 1 N–H and O–H groups in total. The second kappa shape index (κ2) is 5.19. The molecule has 0 aliphatic rings. The number of rotatable bonds is 3. The zero-order valence-corrected chi connectivity index (χ0v) is 9.56. The Balaban J connectivity index is 2.95. The van der Waals surface area contributed by atoms with Crippen LogP contribution < -0.4 is 5.32 Å². The van der Waals surface area contributed by atoms with Crippen LogP contribution in [-0.2, 0) is 4.79 Å². The minimum atomic E-state index is -0.0794. The lowest BCUT2D eigenvalue weighted by Gasteiger charge is -2.09. The Hall–Kier alpha value is -2.00. The summed E-state index contributed by atoms with van der Waals surface area (Å²) in [5, 5.41) is 6.29. The van der Waals surface area contributed by atoms with E-state index in [9.17, 15) is 4.79 Å². The fourth-order valence-corrected chi connectivity index (χ4v) is 1.13. The van der Waals surface area contributed by atoms with Crippen LogP contribution in [0.4, 0.5) is 11.4 Å². The van der Waals surface area contributed by atoms with Crippen molar-refractivity contribution in [2.45, 2.75) is 20.8 Å². The number of hydrogen-bond acceptors (Lipinski definition) is 2. The normalized spacial score (nSPS) is 9.75. The molecule has 1 amide bonds. The molecule has 16 heavy (non-hydrogen) atoms. The first-order valence-corrected chi connectivity index (χ1v) is 5.01. The van der Waals surface area contributed by atoms with Crippen molar-refractivity contribution in [2.24, 2.45) is 11.0 Å². The van der Waals surface area contributed by atoms with Crippen molar-refractivity contribution in [3.05, 3.63) is 34.2 Å². The summed E-state index contributed by atoms with van der Waals surface area (Å²) >= 11 is 0. The van der Waals surface area contributed by atoms with Crippen LogP contribution in [-0.4, -0.2) is 5.91 Å². The van der Waals surface area contributed by atoms with Crippen molar-refractivity contribution in [1.82, 2.24) is 0 Å². The van der Waals surface area contributed by atoms with E-state index in [0.717, 1.165) is 5.56 Å². The van der Waals surface area contributed by atoms with Gasteiger partial charge in [0.1, 0.15) is 0 Å². The van der Waals surface area contributed by atoms with E-state index in [-0.39, 0.29) is 11.8 Å². The average molecular weight is 218 g/mol. The van der Waals surface area contributed by atoms with Crippen molar-refractivity contribution < 1.29 is 4.79 Å². The van der Waals surface area contributed by atoms with Crippen molar-refractivity contribution in [2.75, 3.05) is 5.32 Å². The van der Waals surface area contributed by atoms with E-state index in [1.165, 1.54) is 0 Å². The van der Waals surface area contributed by atoms with Crippen LogP contribution in [0, 0.1) is 12.8 Å². The lowest BCUT2D eigenvalue weighted by molar-refractivity contribution is -0.118. The molecule has 0 aliphatic heterocycles. The van der Waals surface area contributed by atoms with Gasteiger partial charge in [-0.25, -0.2) is 0 Å². The number of aryl methyl sites for hydroxylation is 1. The molecule has 0 aromatic heterocycles. The summed E-state index contributed by atoms with van der Waals surface area (Å²) in [4.78, 5) is 14.2. The summed E-state index contributed by atoms with van der Waals surface area (Å²) in [6, 6.07) is 5.25. The molecule has 1 rings (SSSR count). The minimum Gasteiger partial charge on any atom is -0.326 e. The smallest absolute Gasteiger partial charge is 0.226 e. The van der Waals surface area contributed by atoms with Crippen LogP contribution in [0.3, 0.4) is 0 Å². The molecule has 0 saturated heterocycles. The molecule has 0 atom stereocenters. The van der Waals surface area contributed by atoms with Crippen LogP contribution in [0.5, 0.6) is 0 Å². The van der Waals surface area contributed by atoms with Gasteiger partial charge >= 0.3 is 0 Å². The Morgan fingerprint density at radius 1 is 1.50 bits per heavy atom. The highest BCUT2D eigenvalue weighted by molar-refractivity contribution is 5.92. The summed E-state index contributed by atoms with van der Waals surface area (Å²) in [6.07, 6.45) is 0. The van der Waals surface area contributed by atoms with Gasteiger partial charge in [0.25, 0.3) is 0 Å². The van der Waals surface area contributed by atoms with Gasteiger partial charge in [0.2, 0.25) is 5.91 Å². The Kier molecular flexibility index (Phi) is 3.91. The molecule has 0 unspecified atom stereocenters. The van der Waals surface area contributed by atoms with Gasteiger partial charge in [-0.05, 0) is 30.2 Å². The Morgan fingerprint density at radius 3 is 2.75 bits per heavy atom. The molecule has 1 aromatic carbocycles. The summed E-state index contributed by atoms with van der Waals surface area (Å²) in [7, 11) is 0. The van der Waals surface area contributed by atoms with Crippen LogP contribution in [0.2, 0.25) is 0 Å². The van der Waals surface area contributed by atoms with E-state index in [1.807, 2.05) is 20.8 Å². The van der Waals surface area contributed by atoms with Gasteiger partial charge in [0.15, 0.2) is 0 Å². The van der Waals surface area contributed by atoms with E-state index in [2.05, 4.69) is 15.3 Å². The summed E-state index contributed by atoms with van der Waals surface area (Å²) in [6.45, 7) is 5.48. The molecule has 0 saturated carbocycles. The van der Waals surface area contributed by atoms with Crippen molar-refractivity contribution >= 4 is 17.3 Å². The molecule has 5 nitrogen and oxygen atoms in total. The van der Waals surface area contributed by atoms with E-state index in [4.69, 9.17) is 5.53 Å². The van der Waals surface area contributed by atoms with Crippen LogP contribution in [0.15, 0.2) is 23.3 Å². The second-order valence-corrected chi connectivity index (χ2v) is 3.83. The number of benzene rings is 1. The minimum absolute atomic E-state index is 0.0595. The van der Waals surface area contributed by atoms with E-state index < -0.39 is 0 Å². The number of anilines is 1. The summed E-state index contributed by atoms with van der Waals surface area (Å²) in [5.41, 5.74) is 10.4. The van der Waals surface area contributed by atoms with Gasteiger partial charge in [-0.15, -0.1) is 0 Å². The van der Waals surface area contributed by atoms with Crippen molar-refractivity contribution in [3.8, 4) is 0 Å². The molecule has 5 heteroatoms. The third-order valence-corrected chi connectivity index (χ3v) is 2.15. The molecule has 0 radical (unpaired) electrons. The van der Waals surface area contributed by atoms with Gasteiger partial charge < -0.3 is 5.32 Å². The molecule has 0 bridgehead atoms. The van der Waals surface area contributed by atoms with Gasteiger partial charge in [-0.1, -0.05) is 25.0 Å². The molecule has 0 aliphatic carbocycles. The zero-order valence-electron chi connectivity index (χ0n) is 9.56. The lowest BCUT2D eigenvalue weighted by Crippen LogP contribution is -2.17. The largest absolute Gasteiger partial charge is 0.326 e. The highest BCUT2D eigenvalue weighted by Crippen LogP contribution is 2.23. The van der Waals surface area contributed by atoms with Gasteiger partial charge in [-0.2, -0.15) is 0 Å². The molecule has 0 fully saturated rings. The number of carbonyl (C=O) groups is 1. The highest BCUT2D eigenvalue weighted by atomic mass is 16.1. The number of nitrogens with one attached hydrogen (secondary N) is 1. The van der Waals surface area contributed by atoms with Crippen LogP contribution in [0.1, 0.15) is 19.4 Å². The highest BCUT2D eigenvalue weighted by Gasteiger charge is 2.07. The van der Waals surface area contributed by atoms with Crippen LogP contribution in [0.25, 0.3) is 10.4 Å². The average Bonchev–Trinajstić information content (AvgIpc) is 2.23. The Labute approximate surface area is 94.1 Å². The number of carbonyl (C=O) groups excluding carboxylic acids is 1. The van der Waals surface area contributed by atoms with Crippen LogP contribution >= 0.6 is 0 Å². The topological polar surface area (TPSA) is 77.9 Å². The first kappa shape index (κ1) is 12.1. The predicted molar refractivity (Wildman–Crippen MR) is 63.5 cm³/mol. The quantitative estimate of drug-likeness (QED) is 0.470. The number of amides is 1. The van der Waals surface area contributed by atoms with Gasteiger partial charge in [0, 0.05) is 22.2 Å². The Morgan fingerprint density at radius 2 is 2.19 bits per heavy atom. The molecule has 0 spiro atoms. The third kappa shape index (κ3) is 3.00. The predicted octanol–water partition coefficient (Wildman–Crippen LogP) is 3.53. The summed E-state index contributed by atoms with van der Waals surface area (Å²) in [5.74, 6) is -0.139. The fourth-order valence-electron chi connectivity index (χ4n) is 1.13. The van der Waals surface area contributed by atoms with Crippen molar-refractivity contribution in [3.63, 3.8) is 0 Å². The van der Waals surface area contributed by atoms with E-state index in [0.29, 0.717) is 11.4 Å². The first-order chi connectivity index (χ1) is 7.54. The lowest BCUT2D eigenvalue weighted by atomic mass is 10.1. The SMILES string of the molecule is Cc1ccc(NC(=O)C(C)C)cc1N=[N+]=[N-]. The summed E-state index contributed by atoms with van der Waals surface area (Å²) < 4.78 is 0. The molecular weight excluding hydrogens is 204 g/mol. The first-order valence-electron chi connectivity index (χ1n) is 5.01. The van der Waals surface area contributed by atoms with E-state index >= 15 is 0 Å². The zero-order chi connectivity index (χ0) is 12.1. The number of nitrogens with zero attached hydrogens (tertiary/aromatic N) is 3. The van der Waals surface area contributed by atoms with Crippen molar-refractivity contribution in [1.29, 1.82) is 0 Å². The maximum atomic E-state index is 11.5. The Bertz CT molecular complexity index is 447. The molecule has 1 aromatic rings. The maximum absolute atomic E-state index is 11.5. The monoisotopic (exact) mass is 218 g/mol. The molecule has 0 heterocycles. The number of azide groups is 1. The number of hydrogen-bond donors (Lipinski definition) is 1. The maximum Gasteiger partial charge on any atom is 0.226 e. The second-order valence-electron chi connectivity index (χ2n) is 3.83. The van der Waals surface area contributed by atoms with Gasteiger partial charge in [-0.3, -0.25) is 4.79 Å². The van der Waals surface area contributed by atoms with Gasteiger partial charge in [0.05, 0.1) is 0 Å². The fraction of sp³-hybridized carbons (Fsp3) is 0.364. The third-order valence-electron chi connectivity index (χ3n) is 2.15.